The molecule has 1 fully saturated rings. The zero-order valence-electron chi connectivity index (χ0n) is 35.8. The molecule has 0 aromatic carbocycles. The molecule has 0 aromatic heterocycles. The fourth-order valence-corrected chi connectivity index (χ4v) is 7.31. The number of allylic oxidation sites excluding steroid dienone is 4. The van der Waals surface area contributed by atoms with Gasteiger partial charge in [0.1, 0.15) is 30.5 Å². The van der Waals surface area contributed by atoms with Gasteiger partial charge in [-0.2, -0.15) is 0 Å². The molecule has 8 atom stereocenters. The van der Waals surface area contributed by atoms with E-state index in [1.807, 2.05) is 0 Å². The molecule has 7 N–H and O–H groups in total. The Hall–Kier alpha value is -1.37. The topological polar surface area (TPSA) is 169 Å². The van der Waals surface area contributed by atoms with Crippen LogP contribution >= 0.6 is 0 Å². The molecule has 56 heavy (non-hydrogen) atoms. The quantitative estimate of drug-likeness (QED) is 0.0239. The molecule has 8 unspecified atom stereocenters. The lowest BCUT2D eigenvalue weighted by atomic mass is 9.99. The molecule has 0 aromatic rings. The maximum atomic E-state index is 13.0. The monoisotopic (exact) mass is 798 g/mol. The standard InChI is InChI=1S/C46H87NO9/c1-3-5-7-9-11-13-15-17-19-21-23-25-27-29-31-33-35-40(50)45(54)47-38(37-55-46-44(53)43(52)42(51)41(36-48)56-46)39(49)34-32-30-28-26-24-22-20-18-16-14-12-10-8-6-4-2/h11,13,17,19,38-44,46,48-53H,3-10,12,14-16,18,20-37H2,1-2H3,(H,47,54)/b13-11-,19-17-. The maximum Gasteiger partial charge on any atom is 0.249 e. The summed E-state index contributed by atoms with van der Waals surface area (Å²) in [4.78, 5) is 13.0. The molecular formula is C46H87NO9. The van der Waals surface area contributed by atoms with E-state index in [1.54, 1.807) is 0 Å². The van der Waals surface area contributed by atoms with Crippen molar-refractivity contribution >= 4 is 5.91 Å². The van der Waals surface area contributed by atoms with Crippen LogP contribution in [0.15, 0.2) is 24.3 Å². The zero-order chi connectivity index (χ0) is 41.1. The Morgan fingerprint density at radius 2 is 1.05 bits per heavy atom. The molecule has 1 aliphatic rings. The Kier molecular flexibility index (Phi) is 34.5. The summed E-state index contributed by atoms with van der Waals surface area (Å²) in [5.74, 6) is -0.592. The van der Waals surface area contributed by atoms with Crippen LogP contribution in [0.2, 0.25) is 0 Å². The third-order valence-electron chi connectivity index (χ3n) is 11.2. The van der Waals surface area contributed by atoms with E-state index >= 15 is 0 Å². The van der Waals surface area contributed by atoms with E-state index in [0.717, 1.165) is 70.6 Å². The molecule has 0 aliphatic carbocycles. The summed E-state index contributed by atoms with van der Waals surface area (Å²) in [7, 11) is 0. The van der Waals surface area contributed by atoms with E-state index in [-0.39, 0.29) is 6.61 Å². The van der Waals surface area contributed by atoms with Crippen LogP contribution < -0.4 is 5.32 Å². The number of aliphatic hydroxyl groups excluding tert-OH is 6. The van der Waals surface area contributed by atoms with Gasteiger partial charge < -0.3 is 45.4 Å². The van der Waals surface area contributed by atoms with Gasteiger partial charge in [0, 0.05) is 0 Å². The molecule has 1 amide bonds. The van der Waals surface area contributed by atoms with Gasteiger partial charge in [-0.15, -0.1) is 0 Å². The number of carbonyl (C=O) groups is 1. The Bertz CT molecular complexity index is 948. The summed E-state index contributed by atoms with van der Waals surface area (Å²) in [5, 5.41) is 64.8. The van der Waals surface area contributed by atoms with E-state index in [9.17, 15) is 35.4 Å². The molecule has 1 saturated heterocycles. The highest BCUT2D eigenvalue weighted by Crippen LogP contribution is 2.23. The molecule has 1 heterocycles. The van der Waals surface area contributed by atoms with E-state index in [1.165, 1.54) is 96.3 Å². The minimum Gasteiger partial charge on any atom is -0.394 e. The predicted molar refractivity (Wildman–Crippen MR) is 227 cm³/mol. The van der Waals surface area contributed by atoms with E-state index < -0.39 is 61.5 Å². The van der Waals surface area contributed by atoms with Crippen molar-refractivity contribution in [1.82, 2.24) is 5.32 Å². The number of ether oxygens (including phenoxy) is 2. The fraction of sp³-hybridized carbons (Fsp3) is 0.891. The third kappa shape index (κ3) is 26.6. The van der Waals surface area contributed by atoms with E-state index in [2.05, 4.69) is 43.5 Å². The lowest BCUT2D eigenvalue weighted by molar-refractivity contribution is -0.302. The van der Waals surface area contributed by atoms with Crippen LogP contribution in [0, 0.1) is 0 Å². The van der Waals surface area contributed by atoms with Crippen LogP contribution in [-0.4, -0.2) is 98.7 Å². The van der Waals surface area contributed by atoms with Crippen LogP contribution in [0.1, 0.15) is 200 Å². The Balaban J connectivity index is 2.40. The number of hydrogen-bond acceptors (Lipinski definition) is 9. The van der Waals surface area contributed by atoms with Crippen molar-refractivity contribution in [3.8, 4) is 0 Å². The Labute approximate surface area is 341 Å². The average molecular weight is 798 g/mol. The first-order chi connectivity index (χ1) is 27.3. The molecule has 10 heteroatoms. The Morgan fingerprint density at radius 1 is 0.607 bits per heavy atom. The van der Waals surface area contributed by atoms with Gasteiger partial charge in [-0.05, 0) is 44.9 Å². The molecule has 0 bridgehead atoms. The van der Waals surface area contributed by atoms with Crippen LogP contribution in [0.25, 0.3) is 0 Å². The van der Waals surface area contributed by atoms with Gasteiger partial charge in [0.15, 0.2) is 6.29 Å². The van der Waals surface area contributed by atoms with Crippen LogP contribution in [-0.2, 0) is 14.3 Å². The van der Waals surface area contributed by atoms with Gasteiger partial charge >= 0.3 is 0 Å². The van der Waals surface area contributed by atoms with Crippen molar-refractivity contribution in [2.75, 3.05) is 13.2 Å². The molecule has 1 aliphatic heterocycles. The third-order valence-corrected chi connectivity index (χ3v) is 11.2. The molecule has 0 saturated carbocycles. The summed E-state index contributed by atoms with van der Waals surface area (Å²) in [6.45, 7) is 3.63. The number of unbranched alkanes of at least 4 members (excludes halogenated alkanes) is 23. The van der Waals surface area contributed by atoms with E-state index in [4.69, 9.17) is 9.47 Å². The van der Waals surface area contributed by atoms with Crippen molar-refractivity contribution in [2.24, 2.45) is 0 Å². The highest BCUT2D eigenvalue weighted by Gasteiger charge is 2.44. The first-order valence-electron chi connectivity index (χ1n) is 23.1. The normalized spacial score (nSPS) is 21.9. The first kappa shape index (κ1) is 52.6. The largest absolute Gasteiger partial charge is 0.394 e. The van der Waals surface area contributed by atoms with Gasteiger partial charge in [0.05, 0.1) is 25.4 Å². The van der Waals surface area contributed by atoms with Gasteiger partial charge in [-0.25, -0.2) is 0 Å². The average Bonchev–Trinajstić information content (AvgIpc) is 3.20. The fourth-order valence-electron chi connectivity index (χ4n) is 7.31. The molecule has 1 rings (SSSR count). The number of amides is 1. The summed E-state index contributed by atoms with van der Waals surface area (Å²) in [6, 6.07) is -0.896. The van der Waals surface area contributed by atoms with Crippen molar-refractivity contribution in [3.05, 3.63) is 24.3 Å². The van der Waals surface area contributed by atoms with Crippen molar-refractivity contribution < 1.29 is 44.9 Å². The number of nitrogens with one attached hydrogen (secondary N) is 1. The second-order valence-corrected chi connectivity index (χ2v) is 16.3. The molecule has 330 valence electrons. The van der Waals surface area contributed by atoms with Crippen LogP contribution in [0.4, 0.5) is 0 Å². The predicted octanol–water partition coefficient (Wildman–Crippen LogP) is 8.47. The lowest BCUT2D eigenvalue weighted by Gasteiger charge is -2.40. The summed E-state index contributed by atoms with van der Waals surface area (Å²) in [5.41, 5.74) is 0. The summed E-state index contributed by atoms with van der Waals surface area (Å²) in [6.07, 6.45) is 32.2. The maximum absolute atomic E-state index is 13.0. The molecular weight excluding hydrogens is 711 g/mol. The Morgan fingerprint density at radius 3 is 1.57 bits per heavy atom. The zero-order valence-corrected chi connectivity index (χ0v) is 35.8. The van der Waals surface area contributed by atoms with Crippen LogP contribution in [0.3, 0.4) is 0 Å². The first-order valence-corrected chi connectivity index (χ1v) is 23.1. The van der Waals surface area contributed by atoms with Crippen molar-refractivity contribution in [1.29, 1.82) is 0 Å². The van der Waals surface area contributed by atoms with Crippen molar-refractivity contribution in [2.45, 2.75) is 249 Å². The van der Waals surface area contributed by atoms with Crippen LogP contribution in [0.5, 0.6) is 0 Å². The van der Waals surface area contributed by atoms with E-state index in [0.29, 0.717) is 19.3 Å². The second kappa shape index (κ2) is 36.7. The smallest absolute Gasteiger partial charge is 0.249 e. The molecule has 0 spiro atoms. The van der Waals surface area contributed by atoms with Gasteiger partial charge in [-0.3, -0.25) is 4.79 Å². The number of aliphatic hydroxyl groups is 6. The minimum atomic E-state index is -1.60. The molecule has 10 nitrogen and oxygen atoms in total. The minimum absolute atomic E-state index is 0.258. The number of carbonyl (C=O) groups excluding carboxylic acids is 1. The summed E-state index contributed by atoms with van der Waals surface area (Å²) >= 11 is 0. The van der Waals surface area contributed by atoms with Gasteiger partial charge in [0.25, 0.3) is 0 Å². The van der Waals surface area contributed by atoms with Crippen molar-refractivity contribution in [3.63, 3.8) is 0 Å². The van der Waals surface area contributed by atoms with Gasteiger partial charge in [-0.1, -0.05) is 179 Å². The molecule has 0 radical (unpaired) electrons. The number of rotatable bonds is 38. The highest BCUT2D eigenvalue weighted by molar-refractivity contribution is 5.80. The number of hydrogen-bond donors (Lipinski definition) is 7. The SMILES string of the molecule is CCCCC/C=C\C/C=C\CCCCCCCCC(O)C(=O)NC(COC1OC(CO)C(O)C(O)C1O)C(O)CCCCCCCCCCCCCCCCC. The highest BCUT2D eigenvalue weighted by atomic mass is 16.7. The lowest BCUT2D eigenvalue weighted by Crippen LogP contribution is -2.60. The summed E-state index contributed by atoms with van der Waals surface area (Å²) < 4.78 is 11.2. The van der Waals surface area contributed by atoms with Gasteiger partial charge in [0.2, 0.25) is 5.91 Å². The second-order valence-electron chi connectivity index (χ2n) is 16.3.